The van der Waals surface area contributed by atoms with E-state index in [1.165, 1.54) is 4.90 Å². The van der Waals surface area contributed by atoms with Crippen molar-refractivity contribution in [2.45, 2.75) is 56.9 Å². The number of benzene rings is 3. The number of para-hydroxylation sites is 1. The van der Waals surface area contributed by atoms with E-state index < -0.39 is 41.0 Å². The van der Waals surface area contributed by atoms with Crippen LogP contribution < -0.4 is 10.6 Å². The van der Waals surface area contributed by atoms with Gasteiger partial charge in [-0.25, -0.2) is 0 Å². The topological polar surface area (TPSA) is 108 Å². The Balaban J connectivity index is 1.44. The van der Waals surface area contributed by atoms with Gasteiger partial charge >= 0.3 is 0 Å². The highest BCUT2D eigenvalue weighted by molar-refractivity contribution is 6.05. The number of carbonyl (C=O) groups is 3. The fourth-order valence-corrected chi connectivity index (χ4v) is 7.24. The third-order valence-electron chi connectivity index (χ3n) is 9.13. The zero-order chi connectivity index (χ0) is 28.9. The molecule has 8 heteroatoms. The normalized spacial score (nSPS) is 28.8. The minimum Gasteiger partial charge on any atom is -0.394 e. The number of ether oxygens (including phenoxy) is 1. The standard InChI is InChI=1S/C33H35N3O5/c1-20-14-15-21(2)24(18-20)35-30(39)28-33-17-16-32(3,41-33)26(29(38)34-23-12-8-5-9-13-23)27(33)31(40)36(28)25(19-37)22-10-6-4-7-11-22/h4-15,18,25-28,37H,16-17,19H2,1-3H3,(H,34,38)(H,35,39)/t25-,26+,27+,28?,32-,33?/m1/s1. The number of hydrogen-bond donors (Lipinski definition) is 3. The molecule has 3 saturated heterocycles. The van der Waals surface area contributed by atoms with E-state index in [1.54, 1.807) is 12.1 Å². The summed E-state index contributed by atoms with van der Waals surface area (Å²) in [4.78, 5) is 44.2. The molecule has 2 unspecified atom stereocenters. The van der Waals surface area contributed by atoms with Crippen molar-refractivity contribution in [1.29, 1.82) is 0 Å². The summed E-state index contributed by atoms with van der Waals surface area (Å²) in [6, 6.07) is 22.3. The first-order valence-corrected chi connectivity index (χ1v) is 14.1. The van der Waals surface area contributed by atoms with Crippen molar-refractivity contribution >= 4 is 29.1 Å². The van der Waals surface area contributed by atoms with E-state index in [4.69, 9.17) is 4.74 Å². The number of amides is 3. The molecular formula is C33H35N3O5. The summed E-state index contributed by atoms with van der Waals surface area (Å²) in [7, 11) is 0. The summed E-state index contributed by atoms with van der Waals surface area (Å²) >= 11 is 0. The van der Waals surface area contributed by atoms with Gasteiger partial charge in [0.1, 0.15) is 11.6 Å². The fraction of sp³-hybridized carbons (Fsp3) is 0.364. The van der Waals surface area contributed by atoms with Crippen molar-refractivity contribution in [3.63, 3.8) is 0 Å². The molecule has 0 saturated carbocycles. The molecule has 3 aromatic carbocycles. The Morgan fingerprint density at radius 2 is 1.66 bits per heavy atom. The number of hydrogen-bond acceptors (Lipinski definition) is 5. The van der Waals surface area contributed by atoms with E-state index in [2.05, 4.69) is 10.6 Å². The molecule has 212 valence electrons. The number of fused-ring (bicyclic) bond motifs is 1. The number of aliphatic hydroxyl groups is 1. The first-order chi connectivity index (χ1) is 19.7. The molecular weight excluding hydrogens is 518 g/mol. The lowest BCUT2D eigenvalue weighted by atomic mass is 9.66. The van der Waals surface area contributed by atoms with Crippen LogP contribution in [0.4, 0.5) is 11.4 Å². The van der Waals surface area contributed by atoms with Crippen LogP contribution in [0.2, 0.25) is 0 Å². The van der Waals surface area contributed by atoms with Crippen molar-refractivity contribution in [3.8, 4) is 0 Å². The minimum absolute atomic E-state index is 0.311. The Bertz CT molecular complexity index is 1500. The summed E-state index contributed by atoms with van der Waals surface area (Å²) < 4.78 is 6.73. The summed E-state index contributed by atoms with van der Waals surface area (Å²) in [5.41, 5.74) is 1.73. The van der Waals surface area contributed by atoms with E-state index >= 15 is 0 Å². The van der Waals surface area contributed by atoms with Gasteiger partial charge in [-0.1, -0.05) is 60.7 Å². The molecule has 8 nitrogen and oxygen atoms in total. The average Bonchev–Trinajstić information content (AvgIpc) is 3.53. The van der Waals surface area contributed by atoms with Gasteiger partial charge in [0.2, 0.25) is 17.7 Å². The zero-order valence-electron chi connectivity index (χ0n) is 23.5. The maximum absolute atomic E-state index is 14.5. The summed E-state index contributed by atoms with van der Waals surface area (Å²) in [5.74, 6) is -2.74. The van der Waals surface area contributed by atoms with Gasteiger partial charge in [0.05, 0.1) is 30.1 Å². The van der Waals surface area contributed by atoms with Crippen LogP contribution in [0.15, 0.2) is 78.9 Å². The van der Waals surface area contributed by atoms with Gasteiger partial charge in [-0.2, -0.15) is 0 Å². The fourth-order valence-electron chi connectivity index (χ4n) is 7.24. The number of aliphatic hydroxyl groups excluding tert-OH is 1. The molecule has 2 bridgehead atoms. The number of anilines is 2. The highest BCUT2D eigenvalue weighted by Gasteiger charge is 2.78. The van der Waals surface area contributed by atoms with Gasteiger partial charge in [-0.05, 0) is 68.5 Å². The van der Waals surface area contributed by atoms with E-state index in [0.29, 0.717) is 29.8 Å². The smallest absolute Gasteiger partial charge is 0.250 e. The SMILES string of the molecule is Cc1ccc(C)c(NC(=O)C2N([C@H](CO)c3ccccc3)C(=O)[C@@H]3[C@@H](C(=O)Nc4ccccc4)[C@@]4(C)CCC23O4)c1. The lowest BCUT2D eigenvalue weighted by Gasteiger charge is -2.37. The molecule has 6 rings (SSSR count). The zero-order valence-corrected chi connectivity index (χ0v) is 23.5. The molecule has 0 radical (unpaired) electrons. The second-order valence-corrected chi connectivity index (χ2v) is 11.7. The second kappa shape index (κ2) is 10.1. The van der Waals surface area contributed by atoms with Crippen LogP contribution in [0.5, 0.6) is 0 Å². The molecule has 3 N–H and O–H groups in total. The number of aryl methyl sites for hydroxylation is 2. The third kappa shape index (κ3) is 4.33. The molecule has 3 aliphatic rings. The van der Waals surface area contributed by atoms with E-state index in [9.17, 15) is 19.5 Å². The summed E-state index contributed by atoms with van der Waals surface area (Å²) in [6.45, 7) is 5.35. The molecule has 3 aliphatic heterocycles. The highest BCUT2D eigenvalue weighted by atomic mass is 16.5. The third-order valence-corrected chi connectivity index (χ3v) is 9.13. The van der Waals surface area contributed by atoms with Crippen LogP contribution >= 0.6 is 0 Å². The average molecular weight is 554 g/mol. The van der Waals surface area contributed by atoms with Crippen LogP contribution in [0.1, 0.15) is 42.5 Å². The number of rotatable bonds is 7. The van der Waals surface area contributed by atoms with Gasteiger partial charge in [-0.3, -0.25) is 14.4 Å². The van der Waals surface area contributed by atoms with Crippen molar-refractivity contribution in [2.75, 3.05) is 17.2 Å². The molecule has 0 aliphatic carbocycles. The van der Waals surface area contributed by atoms with Gasteiger partial charge in [0.25, 0.3) is 0 Å². The molecule has 3 fully saturated rings. The highest BCUT2D eigenvalue weighted by Crippen LogP contribution is 2.64. The van der Waals surface area contributed by atoms with Crippen molar-refractivity contribution in [1.82, 2.24) is 4.90 Å². The molecule has 41 heavy (non-hydrogen) atoms. The van der Waals surface area contributed by atoms with Crippen LogP contribution in [0.25, 0.3) is 0 Å². The predicted molar refractivity (Wildman–Crippen MR) is 155 cm³/mol. The second-order valence-electron chi connectivity index (χ2n) is 11.7. The van der Waals surface area contributed by atoms with Gasteiger partial charge < -0.3 is 25.4 Å². The van der Waals surface area contributed by atoms with Crippen LogP contribution in [0, 0.1) is 25.7 Å². The largest absolute Gasteiger partial charge is 0.394 e. The first-order valence-electron chi connectivity index (χ1n) is 14.1. The Hall–Kier alpha value is -4.01. The van der Waals surface area contributed by atoms with Crippen molar-refractivity contribution in [3.05, 3.63) is 95.6 Å². The van der Waals surface area contributed by atoms with Crippen molar-refractivity contribution < 1.29 is 24.2 Å². The Kier molecular flexibility index (Phi) is 6.71. The first kappa shape index (κ1) is 27.2. The van der Waals surface area contributed by atoms with E-state index in [1.807, 2.05) is 87.5 Å². The van der Waals surface area contributed by atoms with Crippen LogP contribution in [-0.2, 0) is 19.1 Å². The molecule has 6 atom stereocenters. The maximum Gasteiger partial charge on any atom is 0.250 e. The molecule has 3 aromatic rings. The molecule has 1 spiro atoms. The summed E-state index contributed by atoms with van der Waals surface area (Å²) in [5, 5.41) is 16.7. The number of nitrogens with one attached hydrogen (secondary N) is 2. The number of likely N-dealkylation sites (tertiary alicyclic amines) is 1. The quantitative estimate of drug-likeness (QED) is 0.403. The Labute approximate surface area is 239 Å². The number of carbonyl (C=O) groups excluding carboxylic acids is 3. The van der Waals surface area contributed by atoms with Gasteiger partial charge in [0.15, 0.2) is 0 Å². The summed E-state index contributed by atoms with van der Waals surface area (Å²) in [6.07, 6.45) is 0.975. The van der Waals surface area contributed by atoms with Crippen LogP contribution in [0.3, 0.4) is 0 Å². The molecule has 3 amide bonds. The van der Waals surface area contributed by atoms with E-state index in [0.717, 1.165) is 11.1 Å². The number of nitrogens with zero attached hydrogens (tertiary/aromatic N) is 1. The Morgan fingerprint density at radius 1 is 0.976 bits per heavy atom. The van der Waals surface area contributed by atoms with Crippen molar-refractivity contribution in [2.24, 2.45) is 11.8 Å². The molecule has 3 heterocycles. The lowest BCUT2D eigenvalue weighted by Crippen LogP contribution is -2.54. The Morgan fingerprint density at radius 3 is 2.34 bits per heavy atom. The maximum atomic E-state index is 14.5. The van der Waals surface area contributed by atoms with Gasteiger partial charge in [0, 0.05) is 11.4 Å². The minimum atomic E-state index is -1.21. The van der Waals surface area contributed by atoms with Gasteiger partial charge in [-0.15, -0.1) is 0 Å². The lowest BCUT2D eigenvalue weighted by molar-refractivity contribution is -0.147. The monoisotopic (exact) mass is 553 g/mol. The molecule has 0 aromatic heterocycles. The predicted octanol–water partition coefficient (Wildman–Crippen LogP) is 4.38. The van der Waals surface area contributed by atoms with Crippen LogP contribution in [-0.4, -0.2) is 51.6 Å². The van der Waals surface area contributed by atoms with E-state index in [-0.39, 0.29) is 18.4 Å².